The number of amides is 1. The van der Waals surface area contributed by atoms with Gasteiger partial charge < -0.3 is 10.1 Å². The molecule has 3 nitrogen and oxygen atoms in total. The van der Waals surface area contributed by atoms with Crippen molar-refractivity contribution in [1.82, 2.24) is 5.32 Å². The molecule has 0 radical (unpaired) electrons. The summed E-state index contributed by atoms with van der Waals surface area (Å²) in [5.74, 6) is -1.07. The van der Waals surface area contributed by atoms with Gasteiger partial charge in [0.2, 0.25) is 0 Å². The second-order valence-corrected chi connectivity index (χ2v) is 5.74. The van der Waals surface area contributed by atoms with Gasteiger partial charge in [-0.3, -0.25) is 4.79 Å². The standard InChI is InChI=1S/C14H13F6NO2/c1-12(6-23-7-12)5-21-11(22)9-3-2-8(13(15,16)17)4-10(9)14(18,19)20/h2-4H,5-7H2,1H3,(H,21,22). The van der Waals surface area contributed by atoms with E-state index in [0.29, 0.717) is 25.3 Å². The van der Waals surface area contributed by atoms with Crippen LogP contribution in [0.3, 0.4) is 0 Å². The van der Waals surface area contributed by atoms with Crippen molar-refractivity contribution < 1.29 is 35.9 Å². The molecule has 23 heavy (non-hydrogen) atoms. The molecule has 1 saturated heterocycles. The van der Waals surface area contributed by atoms with Gasteiger partial charge in [-0.05, 0) is 18.2 Å². The van der Waals surface area contributed by atoms with Crippen molar-refractivity contribution in [3.05, 3.63) is 34.9 Å². The van der Waals surface area contributed by atoms with E-state index in [0.717, 1.165) is 0 Å². The summed E-state index contributed by atoms with van der Waals surface area (Å²) in [5, 5.41) is 2.31. The third-order valence-corrected chi connectivity index (χ3v) is 3.47. The van der Waals surface area contributed by atoms with Gasteiger partial charge in [0.15, 0.2) is 0 Å². The first-order valence-electron chi connectivity index (χ1n) is 6.57. The predicted octanol–water partition coefficient (Wildman–Crippen LogP) is 3.49. The van der Waals surface area contributed by atoms with Crippen molar-refractivity contribution in [3.63, 3.8) is 0 Å². The number of benzene rings is 1. The van der Waals surface area contributed by atoms with Crippen molar-refractivity contribution in [2.75, 3.05) is 19.8 Å². The van der Waals surface area contributed by atoms with Crippen LogP contribution in [0.2, 0.25) is 0 Å². The van der Waals surface area contributed by atoms with Gasteiger partial charge in [0.05, 0.1) is 29.9 Å². The summed E-state index contributed by atoms with van der Waals surface area (Å²) in [7, 11) is 0. The lowest BCUT2D eigenvalue weighted by Crippen LogP contribution is -2.48. The average Bonchev–Trinajstić information content (AvgIpc) is 2.40. The Kier molecular flexibility index (Phi) is 4.36. The summed E-state index contributed by atoms with van der Waals surface area (Å²) in [6.07, 6.45) is -10.00. The van der Waals surface area contributed by atoms with Crippen molar-refractivity contribution in [2.45, 2.75) is 19.3 Å². The highest BCUT2D eigenvalue weighted by atomic mass is 19.4. The molecular weight excluding hydrogens is 328 g/mol. The second-order valence-electron chi connectivity index (χ2n) is 5.74. The largest absolute Gasteiger partial charge is 0.417 e. The molecule has 0 saturated carbocycles. The Bertz CT molecular complexity index is 604. The fraction of sp³-hybridized carbons (Fsp3) is 0.500. The van der Waals surface area contributed by atoms with Crippen LogP contribution < -0.4 is 5.32 Å². The van der Waals surface area contributed by atoms with Crippen LogP contribution in [0.1, 0.15) is 28.4 Å². The van der Waals surface area contributed by atoms with Gasteiger partial charge in [-0.2, -0.15) is 26.3 Å². The minimum atomic E-state index is -5.07. The maximum Gasteiger partial charge on any atom is 0.417 e. The van der Waals surface area contributed by atoms with Crippen molar-refractivity contribution in [3.8, 4) is 0 Å². The number of hydrogen-bond acceptors (Lipinski definition) is 2. The van der Waals surface area contributed by atoms with Crippen LogP contribution >= 0.6 is 0 Å². The lowest BCUT2D eigenvalue weighted by Gasteiger charge is -2.38. The van der Waals surface area contributed by atoms with Crippen molar-refractivity contribution in [2.24, 2.45) is 5.41 Å². The Morgan fingerprint density at radius 2 is 1.78 bits per heavy atom. The van der Waals surface area contributed by atoms with Crippen LogP contribution in [0.5, 0.6) is 0 Å². The van der Waals surface area contributed by atoms with Crippen molar-refractivity contribution in [1.29, 1.82) is 0 Å². The topological polar surface area (TPSA) is 38.3 Å². The molecule has 1 amide bonds. The lowest BCUT2D eigenvalue weighted by molar-refractivity contribution is -0.143. The van der Waals surface area contributed by atoms with Gasteiger partial charge in [0.1, 0.15) is 0 Å². The Morgan fingerprint density at radius 1 is 1.17 bits per heavy atom. The highest BCUT2D eigenvalue weighted by Gasteiger charge is 2.40. The third-order valence-electron chi connectivity index (χ3n) is 3.47. The molecule has 1 N–H and O–H groups in total. The zero-order chi connectivity index (χ0) is 17.5. The van der Waals surface area contributed by atoms with E-state index in [1.807, 2.05) is 0 Å². The van der Waals surface area contributed by atoms with Gasteiger partial charge in [-0.25, -0.2) is 0 Å². The highest BCUT2D eigenvalue weighted by molar-refractivity contribution is 5.96. The molecule has 0 spiro atoms. The molecule has 0 bridgehead atoms. The van der Waals surface area contributed by atoms with Crippen LogP contribution in [0, 0.1) is 5.41 Å². The van der Waals surface area contributed by atoms with Gasteiger partial charge >= 0.3 is 12.4 Å². The molecule has 0 aliphatic carbocycles. The van der Waals surface area contributed by atoms with Crippen LogP contribution in [-0.4, -0.2) is 25.7 Å². The Labute approximate surface area is 127 Å². The summed E-state index contributed by atoms with van der Waals surface area (Å²) in [6.45, 7) is 2.55. The van der Waals surface area contributed by atoms with Gasteiger partial charge in [-0.1, -0.05) is 6.92 Å². The first kappa shape index (κ1) is 17.6. The normalized spacial score (nSPS) is 17.5. The first-order valence-corrected chi connectivity index (χ1v) is 6.57. The van der Waals surface area contributed by atoms with Gasteiger partial charge in [-0.15, -0.1) is 0 Å². The van der Waals surface area contributed by atoms with Crippen LogP contribution in [-0.2, 0) is 17.1 Å². The molecule has 0 atom stereocenters. The predicted molar refractivity (Wildman–Crippen MR) is 67.7 cm³/mol. The Hall–Kier alpha value is -1.77. The van der Waals surface area contributed by atoms with E-state index in [2.05, 4.69) is 5.32 Å². The molecule has 1 aromatic rings. The molecule has 2 rings (SSSR count). The second kappa shape index (κ2) is 5.70. The summed E-state index contributed by atoms with van der Waals surface area (Å²) < 4.78 is 81.5. The number of carbonyl (C=O) groups is 1. The maximum absolute atomic E-state index is 13.0. The van der Waals surface area contributed by atoms with E-state index in [9.17, 15) is 31.1 Å². The van der Waals surface area contributed by atoms with E-state index >= 15 is 0 Å². The molecule has 9 heteroatoms. The van der Waals surface area contributed by atoms with E-state index in [1.54, 1.807) is 6.92 Å². The monoisotopic (exact) mass is 341 g/mol. The van der Waals surface area contributed by atoms with Gasteiger partial charge in [0.25, 0.3) is 5.91 Å². The van der Waals surface area contributed by atoms with Crippen molar-refractivity contribution >= 4 is 5.91 Å². The zero-order valence-corrected chi connectivity index (χ0v) is 11.9. The Balaban J connectivity index is 2.28. The summed E-state index contributed by atoms with van der Waals surface area (Å²) in [6, 6.07) is 0.946. The number of ether oxygens (including phenoxy) is 1. The number of hydrogen-bond donors (Lipinski definition) is 1. The summed E-state index contributed by atoms with van der Waals surface area (Å²) in [5.41, 5.74) is -4.28. The first-order chi connectivity index (χ1) is 10.4. The molecule has 1 heterocycles. The minimum Gasteiger partial charge on any atom is -0.380 e. The number of alkyl halides is 6. The molecule has 1 fully saturated rings. The molecule has 128 valence electrons. The van der Waals surface area contributed by atoms with Crippen LogP contribution in [0.15, 0.2) is 18.2 Å². The summed E-state index contributed by atoms with van der Waals surface area (Å²) in [4.78, 5) is 11.9. The average molecular weight is 341 g/mol. The molecular formula is C14H13F6NO2. The fourth-order valence-corrected chi connectivity index (χ4v) is 2.09. The van der Waals surface area contributed by atoms with Crippen LogP contribution in [0.25, 0.3) is 0 Å². The molecule has 1 aliphatic heterocycles. The Morgan fingerprint density at radius 3 is 2.22 bits per heavy atom. The third kappa shape index (κ3) is 3.95. The van der Waals surface area contributed by atoms with Gasteiger partial charge in [0, 0.05) is 12.0 Å². The number of nitrogens with one attached hydrogen (secondary N) is 1. The SMILES string of the molecule is CC1(CNC(=O)c2ccc(C(F)(F)F)cc2C(F)(F)F)COC1. The maximum atomic E-state index is 13.0. The molecule has 0 aromatic heterocycles. The number of halogens is 6. The van der Waals surface area contributed by atoms with E-state index < -0.39 is 35.0 Å². The highest BCUT2D eigenvalue weighted by Crippen LogP contribution is 2.37. The number of carbonyl (C=O) groups excluding carboxylic acids is 1. The van der Waals surface area contributed by atoms with E-state index in [-0.39, 0.29) is 18.0 Å². The quantitative estimate of drug-likeness (QED) is 0.855. The van der Waals surface area contributed by atoms with E-state index in [4.69, 9.17) is 4.74 Å². The fourth-order valence-electron chi connectivity index (χ4n) is 2.09. The van der Waals surface area contributed by atoms with E-state index in [1.165, 1.54) is 0 Å². The lowest BCUT2D eigenvalue weighted by atomic mass is 9.88. The zero-order valence-electron chi connectivity index (χ0n) is 11.9. The minimum absolute atomic E-state index is 0.0525. The van der Waals surface area contributed by atoms with Crippen LogP contribution in [0.4, 0.5) is 26.3 Å². The summed E-state index contributed by atoms with van der Waals surface area (Å²) >= 11 is 0. The molecule has 1 aromatic carbocycles. The molecule has 1 aliphatic rings. The number of rotatable bonds is 3. The smallest absolute Gasteiger partial charge is 0.380 e. The molecule has 0 unspecified atom stereocenters.